The molecule has 1 spiro atoms. The first-order valence-corrected chi connectivity index (χ1v) is 6.50. The number of ketones is 1. The van der Waals surface area contributed by atoms with E-state index in [2.05, 4.69) is 12.1 Å². The van der Waals surface area contributed by atoms with Crippen LogP contribution in [0.3, 0.4) is 0 Å². The van der Waals surface area contributed by atoms with Gasteiger partial charge < -0.3 is 4.74 Å². The lowest BCUT2D eigenvalue weighted by Crippen LogP contribution is -2.34. The van der Waals surface area contributed by atoms with Gasteiger partial charge in [-0.05, 0) is 24.8 Å². The van der Waals surface area contributed by atoms with Gasteiger partial charge in [-0.2, -0.15) is 0 Å². The van der Waals surface area contributed by atoms with Crippen molar-refractivity contribution in [1.82, 2.24) is 0 Å². The number of rotatable bonds is 1. The number of carbonyl (C=O) groups is 1. The first-order chi connectivity index (χ1) is 8.30. The van der Waals surface area contributed by atoms with Gasteiger partial charge in [0, 0.05) is 6.42 Å². The number of carbonyl (C=O) groups excluding carboxylic acids is 1. The van der Waals surface area contributed by atoms with Crippen molar-refractivity contribution in [3.05, 3.63) is 35.9 Å². The Kier molecular flexibility index (Phi) is 2.75. The molecule has 0 N–H and O–H groups in total. The summed E-state index contributed by atoms with van der Waals surface area (Å²) in [5, 5.41) is 0. The SMILES string of the molecule is O=C1CCCC[C@]12CO[C@H](c1ccccc1)C2. The van der Waals surface area contributed by atoms with Gasteiger partial charge in [-0.3, -0.25) is 4.79 Å². The normalized spacial score (nSPS) is 33.2. The van der Waals surface area contributed by atoms with Crippen LogP contribution in [0.4, 0.5) is 0 Å². The summed E-state index contributed by atoms with van der Waals surface area (Å²) < 4.78 is 5.88. The van der Waals surface area contributed by atoms with Crippen LogP contribution < -0.4 is 0 Å². The highest BCUT2D eigenvalue weighted by Gasteiger charge is 2.46. The summed E-state index contributed by atoms with van der Waals surface area (Å²) in [6.45, 7) is 0.630. The van der Waals surface area contributed by atoms with Gasteiger partial charge in [0.2, 0.25) is 0 Å². The molecule has 2 nitrogen and oxygen atoms in total. The van der Waals surface area contributed by atoms with E-state index in [0.29, 0.717) is 12.4 Å². The number of hydrogen-bond donors (Lipinski definition) is 0. The monoisotopic (exact) mass is 230 g/mol. The van der Waals surface area contributed by atoms with E-state index in [1.807, 2.05) is 18.2 Å². The molecule has 90 valence electrons. The van der Waals surface area contributed by atoms with Crippen molar-refractivity contribution in [2.45, 2.75) is 38.2 Å². The van der Waals surface area contributed by atoms with Gasteiger partial charge >= 0.3 is 0 Å². The average molecular weight is 230 g/mol. The second kappa shape index (κ2) is 4.26. The summed E-state index contributed by atoms with van der Waals surface area (Å²) in [5.41, 5.74) is 1.06. The zero-order valence-electron chi connectivity index (χ0n) is 10.0. The Morgan fingerprint density at radius 3 is 2.76 bits per heavy atom. The van der Waals surface area contributed by atoms with Crippen molar-refractivity contribution >= 4 is 5.78 Å². The van der Waals surface area contributed by atoms with Crippen molar-refractivity contribution in [2.24, 2.45) is 5.41 Å². The average Bonchev–Trinajstić information content (AvgIpc) is 2.80. The largest absolute Gasteiger partial charge is 0.372 e. The zero-order chi connectivity index (χ0) is 11.7. The standard InChI is InChI=1S/C15H18O2/c16-14-8-4-5-9-15(14)10-13(17-11-15)12-6-2-1-3-7-12/h1-3,6-7,13H,4-5,8-11H2/t13-,15-/m0/s1. The topological polar surface area (TPSA) is 26.3 Å². The molecule has 3 rings (SSSR count). The Hall–Kier alpha value is -1.15. The van der Waals surface area contributed by atoms with Gasteiger partial charge in [0.05, 0.1) is 18.1 Å². The lowest BCUT2D eigenvalue weighted by Gasteiger charge is -2.30. The quantitative estimate of drug-likeness (QED) is 0.740. The van der Waals surface area contributed by atoms with Gasteiger partial charge in [-0.25, -0.2) is 0 Å². The third-order valence-electron chi connectivity index (χ3n) is 4.21. The lowest BCUT2D eigenvalue weighted by atomic mass is 9.71. The van der Waals surface area contributed by atoms with E-state index in [1.165, 1.54) is 12.0 Å². The first kappa shape index (κ1) is 11.0. The van der Waals surface area contributed by atoms with Gasteiger partial charge in [0.15, 0.2) is 0 Å². The van der Waals surface area contributed by atoms with Crippen molar-refractivity contribution in [3.8, 4) is 0 Å². The zero-order valence-corrected chi connectivity index (χ0v) is 10.0. The van der Waals surface area contributed by atoms with Crippen LogP contribution in [-0.2, 0) is 9.53 Å². The maximum absolute atomic E-state index is 12.1. The highest BCUT2D eigenvalue weighted by molar-refractivity contribution is 5.86. The molecule has 1 aromatic rings. The summed E-state index contributed by atoms with van der Waals surface area (Å²) in [6.07, 6.45) is 5.03. The van der Waals surface area contributed by atoms with E-state index in [9.17, 15) is 4.79 Å². The van der Waals surface area contributed by atoms with Gasteiger partial charge in [-0.1, -0.05) is 36.8 Å². The molecule has 0 bridgehead atoms. The maximum atomic E-state index is 12.1. The fourth-order valence-corrected chi connectivity index (χ4v) is 3.14. The third-order valence-corrected chi connectivity index (χ3v) is 4.21. The highest BCUT2D eigenvalue weighted by atomic mass is 16.5. The molecule has 2 fully saturated rings. The molecule has 1 saturated carbocycles. The summed E-state index contributed by atoms with van der Waals surface area (Å²) in [4.78, 5) is 12.1. The molecule has 2 heteroatoms. The molecule has 1 heterocycles. The minimum atomic E-state index is -0.154. The number of benzene rings is 1. The molecule has 0 unspecified atom stereocenters. The Balaban J connectivity index is 1.79. The minimum Gasteiger partial charge on any atom is -0.372 e. The molecule has 1 aliphatic heterocycles. The molecule has 1 aromatic carbocycles. The Labute approximate surface area is 102 Å². The molecule has 2 aliphatic rings. The van der Waals surface area contributed by atoms with Crippen LogP contribution in [0.2, 0.25) is 0 Å². The predicted molar refractivity (Wildman–Crippen MR) is 65.7 cm³/mol. The molecule has 0 radical (unpaired) electrons. The Morgan fingerprint density at radius 1 is 1.18 bits per heavy atom. The van der Waals surface area contributed by atoms with E-state index in [-0.39, 0.29) is 11.5 Å². The summed E-state index contributed by atoms with van der Waals surface area (Å²) in [6, 6.07) is 10.3. The Bertz CT molecular complexity index is 412. The highest BCUT2D eigenvalue weighted by Crippen LogP contribution is 2.47. The molecular weight excluding hydrogens is 212 g/mol. The molecule has 17 heavy (non-hydrogen) atoms. The Morgan fingerprint density at radius 2 is 2.00 bits per heavy atom. The van der Waals surface area contributed by atoms with Crippen LogP contribution >= 0.6 is 0 Å². The second-order valence-electron chi connectivity index (χ2n) is 5.33. The van der Waals surface area contributed by atoms with Gasteiger partial charge in [0.25, 0.3) is 0 Å². The van der Waals surface area contributed by atoms with Gasteiger partial charge in [0.1, 0.15) is 5.78 Å². The molecule has 0 aromatic heterocycles. The fraction of sp³-hybridized carbons (Fsp3) is 0.533. The molecule has 1 saturated heterocycles. The first-order valence-electron chi connectivity index (χ1n) is 6.50. The second-order valence-corrected chi connectivity index (χ2v) is 5.33. The van der Waals surface area contributed by atoms with E-state index in [1.54, 1.807) is 0 Å². The van der Waals surface area contributed by atoms with Crippen molar-refractivity contribution in [1.29, 1.82) is 0 Å². The summed E-state index contributed by atoms with van der Waals surface area (Å²) in [7, 11) is 0. The molecular formula is C15H18O2. The minimum absolute atomic E-state index is 0.123. The van der Waals surface area contributed by atoms with Crippen molar-refractivity contribution < 1.29 is 9.53 Å². The number of Topliss-reactive ketones (excluding diaryl/α,β-unsaturated/α-hetero) is 1. The lowest BCUT2D eigenvalue weighted by molar-refractivity contribution is -0.131. The number of ether oxygens (including phenoxy) is 1. The van der Waals surface area contributed by atoms with E-state index in [0.717, 1.165) is 25.7 Å². The number of hydrogen-bond acceptors (Lipinski definition) is 2. The molecule has 2 atom stereocenters. The van der Waals surface area contributed by atoms with E-state index in [4.69, 9.17) is 4.74 Å². The predicted octanol–water partition coefficient (Wildman–Crippen LogP) is 3.28. The smallest absolute Gasteiger partial charge is 0.141 e. The van der Waals surface area contributed by atoms with Crippen LogP contribution in [0.15, 0.2) is 30.3 Å². The summed E-state index contributed by atoms with van der Waals surface area (Å²) >= 11 is 0. The van der Waals surface area contributed by atoms with Crippen LogP contribution in [0, 0.1) is 5.41 Å². The fourth-order valence-electron chi connectivity index (χ4n) is 3.14. The molecule has 0 amide bonds. The van der Waals surface area contributed by atoms with Crippen LogP contribution in [0.5, 0.6) is 0 Å². The van der Waals surface area contributed by atoms with Gasteiger partial charge in [-0.15, -0.1) is 0 Å². The van der Waals surface area contributed by atoms with E-state index < -0.39 is 0 Å². The van der Waals surface area contributed by atoms with Crippen molar-refractivity contribution in [2.75, 3.05) is 6.61 Å². The summed E-state index contributed by atoms with van der Waals surface area (Å²) in [5.74, 6) is 0.433. The van der Waals surface area contributed by atoms with E-state index >= 15 is 0 Å². The van der Waals surface area contributed by atoms with Crippen LogP contribution in [0.1, 0.15) is 43.8 Å². The van der Waals surface area contributed by atoms with Crippen LogP contribution in [0.25, 0.3) is 0 Å². The maximum Gasteiger partial charge on any atom is 0.141 e. The van der Waals surface area contributed by atoms with Crippen molar-refractivity contribution in [3.63, 3.8) is 0 Å². The van der Waals surface area contributed by atoms with Crippen LogP contribution in [-0.4, -0.2) is 12.4 Å². The molecule has 1 aliphatic carbocycles. The third kappa shape index (κ3) is 1.91.